The number of rotatable bonds is 9. The molecule has 6 nitrogen and oxygen atoms in total. The first-order valence-electron chi connectivity index (χ1n) is 10.4. The van der Waals surface area contributed by atoms with Gasteiger partial charge in [-0.1, -0.05) is 6.92 Å². The molecule has 0 unspecified atom stereocenters. The van der Waals surface area contributed by atoms with Crippen molar-refractivity contribution in [2.24, 2.45) is 0 Å². The second kappa shape index (κ2) is 9.62. The van der Waals surface area contributed by atoms with Gasteiger partial charge in [-0.05, 0) is 53.3 Å². The number of nitrogens with one attached hydrogen (secondary N) is 2. The molecule has 0 aliphatic heterocycles. The van der Waals surface area contributed by atoms with E-state index in [0.717, 1.165) is 52.0 Å². The van der Waals surface area contributed by atoms with Crippen molar-refractivity contribution in [1.82, 2.24) is 15.3 Å². The van der Waals surface area contributed by atoms with Crippen molar-refractivity contribution >= 4 is 27.4 Å². The van der Waals surface area contributed by atoms with Crippen LogP contribution in [0.3, 0.4) is 0 Å². The topological polar surface area (TPSA) is 68.3 Å². The van der Waals surface area contributed by atoms with Gasteiger partial charge in [0.2, 0.25) is 0 Å². The molecule has 3 aromatic rings. The van der Waals surface area contributed by atoms with Crippen LogP contribution in [0.25, 0.3) is 22.3 Å². The molecule has 2 N–H and O–H groups in total. The highest BCUT2D eigenvalue weighted by molar-refractivity contribution is 7.14. The maximum Gasteiger partial charge on any atom is 0.183 e. The lowest BCUT2D eigenvalue weighted by molar-refractivity contribution is 0.133. The first-order valence-corrected chi connectivity index (χ1v) is 11.3. The van der Waals surface area contributed by atoms with Gasteiger partial charge in [-0.2, -0.15) is 0 Å². The first kappa shape index (κ1) is 22.3. The fourth-order valence-electron chi connectivity index (χ4n) is 2.93. The van der Waals surface area contributed by atoms with E-state index in [-0.39, 0.29) is 5.60 Å². The van der Waals surface area contributed by atoms with Crippen LogP contribution in [0.1, 0.15) is 41.5 Å². The Bertz CT molecular complexity index is 979. The lowest BCUT2D eigenvalue weighted by atomic mass is 10.1. The molecular formula is C23H32N4O2S. The molecule has 0 saturated heterocycles. The number of benzene rings is 1. The summed E-state index contributed by atoms with van der Waals surface area (Å²) in [6, 6.07) is 8.27. The molecule has 1 aromatic carbocycles. The summed E-state index contributed by atoms with van der Waals surface area (Å²) in [6.07, 6.45) is 0. The van der Waals surface area contributed by atoms with Gasteiger partial charge >= 0.3 is 0 Å². The van der Waals surface area contributed by atoms with E-state index in [0.29, 0.717) is 12.6 Å². The summed E-state index contributed by atoms with van der Waals surface area (Å²) in [6.45, 7) is 14.8. The van der Waals surface area contributed by atoms with E-state index in [9.17, 15) is 0 Å². The summed E-state index contributed by atoms with van der Waals surface area (Å²) in [7, 11) is 0. The van der Waals surface area contributed by atoms with Crippen LogP contribution >= 0.6 is 11.3 Å². The largest absolute Gasteiger partial charge is 0.492 e. The monoisotopic (exact) mass is 428 g/mol. The Morgan fingerprint density at radius 1 is 1.10 bits per heavy atom. The maximum atomic E-state index is 6.27. The quantitative estimate of drug-likeness (QED) is 0.448. The third kappa shape index (κ3) is 6.06. The second-order valence-corrected chi connectivity index (χ2v) is 9.30. The van der Waals surface area contributed by atoms with Gasteiger partial charge < -0.3 is 20.1 Å². The zero-order valence-electron chi connectivity index (χ0n) is 18.7. The number of pyridine rings is 1. The minimum absolute atomic E-state index is 0.320. The number of hydrogen-bond donors (Lipinski definition) is 2. The Kier molecular flexibility index (Phi) is 7.15. The first-order chi connectivity index (χ1) is 14.2. The zero-order valence-corrected chi connectivity index (χ0v) is 19.5. The van der Waals surface area contributed by atoms with Crippen molar-refractivity contribution < 1.29 is 9.47 Å². The number of thiazole rings is 1. The molecule has 3 rings (SSSR count). The Morgan fingerprint density at radius 2 is 1.90 bits per heavy atom. The fraction of sp³-hybridized carbons (Fsp3) is 0.478. The SMILES string of the molecule is CCNCCOc1ccc2c(OC(C)(C)C)cc(-c3csc(NC(C)C)n3)nc2c1. The highest BCUT2D eigenvalue weighted by Crippen LogP contribution is 2.35. The predicted molar refractivity (Wildman–Crippen MR) is 126 cm³/mol. The third-order valence-electron chi connectivity index (χ3n) is 4.14. The summed E-state index contributed by atoms with van der Waals surface area (Å²) in [5, 5.41) is 10.5. The molecule has 2 heterocycles. The maximum absolute atomic E-state index is 6.27. The lowest BCUT2D eigenvalue weighted by Gasteiger charge is -2.23. The van der Waals surface area contributed by atoms with Crippen LogP contribution in [-0.4, -0.2) is 41.3 Å². The summed E-state index contributed by atoms with van der Waals surface area (Å²) in [5.74, 6) is 1.60. The number of fused-ring (bicyclic) bond motifs is 1. The van der Waals surface area contributed by atoms with E-state index >= 15 is 0 Å². The predicted octanol–water partition coefficient (Wildman–Crippen LogP) is 5.34. The van der Waals surface area contributed by atoms with Crippen LogP contribution < -0.4 is 20.1 Å². The van der Waals surface area contributed by atoms with Gasteiger partial charge in [0.25, 0.3) is 0 Å². The van der Waals surface area contributed by atoms with E-state index in [1.54, 1.807) is 11.3 Å². The molecule has 2 aromatic heterocycles. The molecule has 0 bridgehead atoms. The van der Waals surface area contributed by atoms with Gasteiger partial charge in [-0.15, -0.1) is 11.3 Å². The summed E-state index contributed by atoms with van der Waals surface area (Å²) >= 11 is 1.58. The molecule has 0 atom stereocenters. The summed E-state index contributed by atoms with van der Waals surface area (Å²) in [5.41, 5.74) is 2.14. The number of aromatic nitrogens is 2. The van der Waals surface area contributed by atoms with Crippen LogP contribution in [-0.2, 0) is 0 Å². The van der Waals surface area contributed by atoms with Gasteiger partial charge in [0.05, 0.1) is 11.2 Å². The minimum atomic E-state index is -0.320. The Morgan fingerprint density at radius 3 is 2.60 bits per heavy atom. The number of ether oxygens (including phenoxy) is 2. The lowest BCUT2D eigenvalue weighted by Crippen LogP contribution is -2.23. The van der Waals surface area contributed by atoms with Gasteiger partial charge in [-0.3, -0.25) is 0 Å². The number of anilines is 1. The molecule has 162 valence electrons. The molecule has 0 aliphatic carbocycles. The second-order valence-electron chi connectivity index (χ2n) is 8.44. The molecule has 7 heteroatoms. The highest BCUT2D eigenvalue weighted by Gasteiger charge is 2.18. The van der Waals surface area contributed by atoms with Crippen LogP contribution in [0.5, 0.6) is 11.5 Å². The van der Waals surface area contributed by atoms with Crippen LogP contribution in [0.15, 0.2) is 29.6 Å². The smallest absolute Gasteiger partial charge is 0.183 e. The van der Waals surface area contributed by atoms with Crippen molar-refractivity contribution in [2.75, 3.05) is 25.0 Å². The van der Waals surface area contributed by atoms with Crippen LogP contribution in [0.2, 0.25) is 0 Å². The number of hydrogen-bond acceptors (Lipinski definition) is 7. The van der Waals surface area contributed by atoms with Crippen molar-refractivity contribution in [3.63, 3.8) is 0 Å². The standard InChI is InChI=1S/C23H32N4O2S/c1-7-24-10-11-28-16-8-9-17-18(12-16)26-19(13-21(17)29-23(4,5)6)20-14-30-22(27-20)25-15(2)3/h8-9,12-15,24H,7,10-11H2,1-6H3,(H,25,27). The van der Waals surface area contributed by atoms with E-state index < -0.39 is 0 Å². The molecule has 0 radical (unpaired) electrons. The van der Waals surface area contributed by atoms with Crippen molar-refractivity contribution in [1.29, 1.82) is 0 Å². The van der Waals surface area contributed by atoms with Crippen LogP contribution in [0.4, 0.5) is 5.13 Å². The van der Waals surface area contributed by atoms with Crippen molar-refractivity contribution in [3.05, 3.63) is 29.6 Å². The van der Waals surface area contributed by atoms with Crippen molar-refractivity contribution in [2.45, 2.75) is 53.2 Å². The van der Waals surface area contributed by atoms with Gasteiger partial charge in [0.1, 0.15) is 29.4 Å². The Hall–Kier alpha value is -2.38. The summed E-state index contributed by atoms with van der Waals surface area (Å²) < 4.78 is 12.2. The van der Waals surface area contributed by atoms with Gasteiger partial charge in [0, 0.05) is 35.5 Å². The van der Waals surface area contributed by atoms with E-state index in [1.807, 2.05) is 50.4 Å². The zero-order chi connectivity index (χ0) is 21.7. The van der Waals surface area contributed by atoms with E-state index in [4.69, 9.17) is 19.4 Å². The average molecular weight is 429 g/mol. The molecule has 0 fully saturated rings. The molecule has 0 aliphatic rings. The minimum Gasteiger partial charge on any atom is -0.492 e. The molecular weight excluding hydrogens is 396 g/mol. The van der Waals surface area contributed by atoms with Crippen molar-refractivity contribution in [3.8, 4) is 22.9 Å². The molecule has 0 saturated carbocycles. The Balaban J connectivity index is 1.98. The van der Waals surface area contributed by atoms with E-state index in [1.165, 1.54) is 0 Å². The van der Waals surface area contributed by atoms with Crippen LogP contribution in [0, 0.1) is 0 Å². The highest BCUT2D eigenvalue weighted by atomic mass is 32.1. The van der Waals surface area contributed by atoms with Gasteiger partial charge in [-0.25, -0.2) is 9.97 Å². The fourth-order valence-corrected chi connectivity index (χ4v) is 3.79. The molecule has 30 heavy (non-hydrogen) atoms. The Labute approximate surface area is 183 Å². The van der Waals surface area contributed by atoms with Gasteiger partial charge in [0.15, 0.2) is 5.13 Å². The van der Waals surface area contributed by atoms with E-state index in [2.05, 4.69) is 31.4 Å². The molecule has 0 amide bonds. The normalized spacial score (nSPS) is 11.8. The molecule has 0 spiro atoms. The third-order valence-corrected chi connectivity index (χ3v) is 4.91. The average Bonchev–Trinajstić information content (AvgIpc) is 3.11. The summed E-state index contributed by atoms with van der Waals surface area (Å²) in [4.78, 5) is 9.58. The number of nitrogens with zero attached hydrogens (tertiary/aromatic N) is 2. The number of likely N-dealkylation sites (N-methyl/N-ethyl adjacent to an activating group) is 1.